The smallest absolute Gasteiger partial charge is 0.410 e. The summed E-state index contributed by atoms with van der Waals surface area (Å²) in [4.78, 5) is 81.5. The first-order valence-electron chi connectivity index (χ1n) is 25.9. The Labute approximate surface area is 396 Å². The predicted molar refractivity (Wildman–Crippen MR) is 252 cm³/mol. The van der Waals surface area contributed by atoms with E-state index in [1.807, 2.05) is 0 Å². The van der Waals surface area contributed by atoms with Gasteiger partial charge < -0.3 is 38.4 Å². The molecule has 2 aliphatic rings. The lowest BCUT2D eigenvalue weighted by Gasteiger charge is -2.28. The van der Waals surface area contributed by atoms with E-state index in [2.05, 4.69) is 25.7 Å². The van der Waals surface area contributed by atoms with E-state index < -0.39 is 48.7 Å². The van der Waals surface area contributed by atoms with E-state index in [4.69, 9.17) is 28.4 Å². The Morgan fingerprint density at radius 2 is 0.909 bits per heavy atom. The number of aliphatic hydroxyl groups is 1. The molecule has 2 aliphatic heterocycles. The van der Waals surface area contributed by atoms with Gasteiger partial charge in [-0.05, 0) is 57.3 Å². The van der Waals surface area contributed by atoms with Crippen molar-refractivity contribution in [3.05, 3.63) is 12.2 Å². The number of carbonyl (C=O) groups is 6. The first-order chi connectivity index (χ1) is 32.1. The standard InChI is InChI=1S/C51H88N2O13/c1-4-7-10-13-16-20-25-46(55)62-39-42(38-54)34-49(58)65-44-28-29-45(37-53(36-44)51(60)61-33-32-52-30-23-19-24-31-52)66-50(59)35-43(40-63-47(56)26-21-17-14-11-8-5-2)41-64-48(57)27-22-18-15-12-9-6-3/h28-29,42-45,54H,4-27,30-41H2,1-3H3/t42?,44-,45-/m0/s1. The molecule has 15 heteroatoms. The lowest BCUT2D eigenvalue weighted by molar-refractivity contribution is -0.156. The molecule has 1 unspecified atom stereocenters. The van der Waals surface area contributed by atoms with Crippen LogP contribution in [0.2, 0.25) is 0 Å². The van der Waals surface area contributed by atoms with Crippen molar-refractivity contribution >= 4 is 35.9 Å². The summed E-state index contributed by atoms with van der Waals surface area (Å²) in [5.41, 5.74) is 0. The summed E-state index contributed by atoms with van der Waals surface area (Å²) in [5, 5.41) is 9.98. The number of aliphatic hydroxyl groups excluding tert-OH is 1. The van der Waals surface area contributed by atoms with Crippen molar-refractivity contribution in [1.29, 1.82) is 0 Å². The number of amides is 1. The Balaban J connectivity index is 2.07. The van der Waals surface area contributed by atoms with Crippen LogP contribution in [0.25, 0.3) is 0 Å². The Morgan fingerprint density at radius 3 is 1.33 bits per heavy atom. The molecule has 0 aromatic heterocycles. The summed E-state index contributed by atoms with van der Waals surface area (Å²) in [6, 6.07) is 0. The predicted octanol–water partition coefficient (Wildman–Crippen LogP) is 9.19. The third-order valence-electron chi connectivity index (χ3n) is 12.1. The molecular formula is C51H88N2O13. The molecule has 0 radical (unpaired) electrons. The number of rotatable bonds is 37. The minimum Gasteiger partial charge on any atom is -0.465 e. The van der Waals surface area contributed by atoms with Crippen LogP contribution in [0, 0.1) is 11.8 Å². The lowest BCUT2D eigenvalue weighted by Crippen LogP contribution is -2.43. The summed E-state index contributed by atoms with van der Waals surface area (Å²) in [6.45, 7) is 8.11. The summed E-state index contributed by atoms with van der Waals surface area (Å²) in [6.07, 6.45) is 22.7. The number of hydrogen-bond acceptors (Lipinski definition) is 14. The Kier molecular flexibility index (Phi) is 33.9. The van der Waals surface area contributed by atoms with Crippen molar-refractivity contribution in [2.45, 2.75) is 200 Å². The largest absolute Gasteiger partial charge is 0.465 e. The van der Waals surface area contributed by atoms with Gasteiger partial charge in [-0.25, -0.2) is 4.79 Å². The Hall–Kier alpha value is -3.72. The van der Waals surface area contributed by atoms with Gasteiger partial charge in [0.05, 0.1) is 45.8 Å². The van der Waals surface area contributed by atoms with Gasteiger partial charge in [0.1, 0.15) is 18.8 Å². The molecule has 2 rings (SSSR count). The molecule has 1 fully saturated rings. The fraction of sp³-hybridized carbons (Fsp3) is 0.843. The Bertz CT molecular complexity index is 1340. The minimum absolute atomic E-state index is 0.0817. The van der Waals surface area contributed by atoms with E-state index >= 15 is 0 Å². The van der Waals surface area contributed by atoms with Gasteiger partial charge in [-0.3, -0.25) is 28.9 Å². The SMILES string of the molecule is CCCCCCCCC(=O)OCC(CO)CC(=O)O[C@H]1C=C[C@H](OC(=O)CC(COC(=O)CCCCCCCC)COC(=O)CCCCCCCC)CN(C(=O)OCCN2CCCCC2)C1. The fourth-order valence-electron chi connectivity index (χ4n) is 7.96. The van der Waals surface area contributed by atoms with Crippen LogP contribution >= 0.6 is 0 Å². The van der Waals surface area contributed by atoms with Crippen molar-refractivity contribution in [2.75, 3.05) is 65.8 Å². The van der Waals surface area contributed by atoms with Crippen LogP contribution in [-0.2, 0) is 52.4 Å². The van der Waals surface area contributed by atoms with Crippen molar-refractivity contribution < 1.29 is 62.3 Å². The normalized spacial score (nSPS) is 16.9. The van der Waals surface area contributed by atoms with Crippen LogP contribution in [0.4, 0.5) is 4.79 Å². The van der Waals surface area contributed by atoms with Gasteiger partial charge >= 0.3 is 35.9 Å². The highest BCUT2D eigenvalue weighted by Gasteiger charge is 2.30. The molecule has 3 atom stereocenters. The van der Waals surface area contributed by atoms with Crippen LogP contribution < -0.4 is 0 Å². The van der Waals surface area contributed by atoms with E-state index in [1.54, 1.807) is 12.2 Å². The average molecular weight is 937 g/mol. The molecule has 1 saturated heterocycles. The molecule has 0 aliphatic carbocycles. The van der Waals surface area contributed by atoms with Gasteiger partial charge in [-0.15, -0.1) is 0 Å². The molecule has 15 nitrogen and oxygen atoms in total. The average Bonchev–Trinajstić information content (AvgIpc) is 3.51. The van der Waals surface area contributed by atoms with Gasteiger partial charge in [0.2, 0.25) is 0 Å². The molecule has 0 aromatic rings. The van der Waals surface area contributed by atoms with E-state index in [0.717, 1.165) is 122 Å². The summed E-state index contributed by atoms with van der Waals surface area (Å²) < 4.78 is 33.8. The first kappa shape index (κ1) is 58.4. The van der Waals surface area contributed by atoms with Crippen molar-refractivity contribution in [1.82, 2.24) is 9.80 Å². The molecule has 2 heterocycles. The van der Waals surface area contributed by atoms with Crippen molar-refractivity contribution in [3.63, 3.8) is 0 Å². The number of unbranched alkanes of at least 4 members (excludes halogenated alkanes) is 15. The minimum atomic E-state index is -0.946. The van der Waals surface area contributed by atoms with Gasteiger partial charge in [0, 0.05) is 44.2 Å². The zero-order valence-electron chi connectivity index (χ0n) is 41.2. The second-order valence-corrected chi connectivity index (χ2v) is 18.3. The molecule has 66 heavy (non-hydrogen) atoms. The summed E-state index contributed by atoms with van der Waals surface area (Å²) >= 11 is 0. The number of esters is 5. The van der Waals surface area contributed by atoms with Crippen LogP contribution in [-0.4, -0.2) is 129 Å². The number of likely N-dealkylation sites (tertiary alicyclic amines) is 1. The number of hydrogen-bond donors (Lipinski definition) is 1. The number of ether oxygens (including phenoxy) is 6. The molecular weight excluding hydrogens is 849 g/mol. The van der Waals surface area contributed by atoms with Crippen LogP contribution in [0.1, 0.15) is 188 Å². The monoisotopic (exact) mass is 937 g/mol. The zero-order chi connectivity index (χ0) is 48.0. The van der Waals surface area contributed by atoms with Gasteiger partial charge in [-0.2, -0.15) is 0 Å². The Morgan fingerprint density at radius 1 is 0.515 bits per heavy atom. The maximum absolute atomic E-state index is 13.6. The molecule has 1 amide bonds. The fourth-order valence-corrected chi connectivity index (χ4v) is 7.96. The second-order valence-electron chi connectivity index (χ2n) is 18.3. The van der Waals surface area contributed by atoms with E-state index in [-0.39, 0.29) is 89.5 Å². The molecule has 1 N–H and O–H groups in total. The maximum atomic E-state index is 13.6. The molecule has 380 valence electrons. The number of carbonyl (C=O) groups excluding carboxylic acids is 6. The van der Waals surface area contributed by atoms with Crippen LogP contribution in [0.3, 0.4) is 0 Å². The summed E-state index contributed by atoms with van der Waals surface area (Å²) in [5.74, 6) is -3.78. The van der Waals surface area contributed by atoms with Gasteiger partial charge in [-0.1, -0.05) is 124 Å². The topological polar surface area (TPSA) is 185 Å². The lowest BCUT2D eigenvalue weighted by atomic mass is 10.1. The quantitative estimate of drug-likeness (QED) is 0.0269. The maximum Gasteiger partial charge on any atom is 0.410 e. The zero-order valence-corrected chi connectivity index (χ0v) is 41.2. The van der Waals surface area contributed by atoms with E-state index in [0.29, 0.717) is 19.4 Å². The van der Waals surface area contributed by atoms with Crippen molar-refractivity contribution in [2.24, 2.45) is 11.8 Å². The highest BCUT2D eigenvalue weighted by molar-refractivity contribution is 5.73. The van der Waals surface area contributed by atoms with Crippen molar-refractivity contribution in [3.8, 4) is 0 Å². The van der Waals surface area contributed by atoms with Crippen LogP contribution in [0.5, 0.6) is 0 Å². The van der Waals surface area contributed by atoms with E-state index in [1.165, 1.54) is 17.7 Å². The third kappa shape index (κ3) is 29.8. The number of piperidine rings is 1. The molecule has 0 spiro atoms. The molecule has 0 bridgehead atoms. The highest BCUT2D eigenvalue weighted by atomic mass is 16.6. The van der Waals surface area contributed by atoms with Gasteiger partial charge in [0.15, 0.2) is 0 Å². The van der Waals surface area contributed by atoms with E-state index in [9.17, 15) is 33.9 Å². The van der Waals surface area contributed by atoms with Gasteiger partial charge in [0.25, 0.3) is 0 Å². The number of nitrogens with zero attached hydrogens (tertiary/aromatic N) is 2. The highest BCUT2D eigenvalue weighted by Crippen LogP contribution is 2.18. The molecule has 0 saturated carbocycles. The van der Waals surface area contributed by atoms with Crippen LogP contribution in [0.15, 0.2) is 12.2 Å². The molecule has 0 aromatic carbocycles. The summed E-state index contributed by atoms with van der Waals surface area (Å²) in [7, 11) is 0. The first-order valence-corrected chi connectivity index (χ1v) is 25.9. The third-order valence-corrected chi connectivity index (χ3v) is 12.1. The second kappa shape index (κ2) is 38.3.